The summed E-state index contributed by atoms with van der Waals surface area (Å²) in [5.41, 5.74) is 4.28. The van der Waals surface area contributed by atoms with Gasteiger partial charge in [-0.15, -0.1) is 0 Å². The lowest BCUT2D eigenvalue weighted by atomic mass is 9.63. The fraction of sp³-hybridized carbons (Fsp3) is 0.378. The number of aliphatic carboxylic acids is 1. The molecular formula is C37H39NO5. The number of carboxylic acids is 1. The zero-order valence-corrected chi connectivity index (χ0v) is 25.4. The molecule has 0 spiro atoms. The number of allylic oxidation sites excluding steroid dienone is 4. The van der Waals surface area contributed by atoms with Crippen LogP contribution in [0.15, 0.2) is 89.3 Å². The van der Waals surface area contributed by atoms with Crippen molar-refractivity contribution in [2.24, 2.45) is 10.8 Å². The predicted octanol–water partition coefficient (Wildman–Crippen LogP) is 7.58. The number of hydrogen-bond acceptors (Lipinski definition) is 5. The van der Waals surface area contributed by atoms with E-state index in [0.29, 0.717) is 49.2 Å². The molecule has 0 aromatic heterocycles. The van der Waals surface area contributed by atoms with Gasteiger partial charge in [-0.05, 0) is 46.1 Å². The van der Waals surface area contributed by atoms with Crippen molar-refractivity contribution < 1.29 is 24.2 Å². The molecule has 1 heterocycles. The Bertz CT molecular complexity index is 1650. The minimum Gasteiger partial charge on any atom is -0.489 e. The van der Waals surface area contributed by atoms with Gasteiger partial charge in [-0.3, -0.25) is 14.4 Å². The molecule has 2 aliphatic carbocycles. The van der Waals surface area contributed by atoms with Gasteiger partial charge in [-0.2, -0.15) is 0 Å². The summed E-state index contributed by atoms with van der Waals surface area (Å²) < 4.78 is 6.54. The van der Waals surface area contributed by atoms with E-state index in [9.17, 15) is 19.5 Å². The number of carbonyl (C=O) groups excluding carboxylic acids is 2. The second-order valence-corrected chi connectivity index (χ2v) is 13.8. The Labute approximate surface area is 253 Å². The third-order valence-electron chi connectivity index (χ3n) is 9.06. The second kappa shape index (κ2) is 10.8. The Balaban J connectivity index is 1.49. The van der Waals surface area contributed by atoms with Crippen molar-refractivity contribution >= 4 is 28.3 Å². The van der Waals surface area contributed by atoms with Crippen molar-refractivity contribution in [1.82, 2.24) is 4.90 Å². The summed E-state index contributed by atoms with van der Waals surface area (Å²) in [7, 11) is 0. The third-order valence-corrected chi connectivity index (χ3v) is 9.06. The molecule has 6 nitrogen and oxygen atoms in total. The van der Waals surface area contributed by atoms with Crippen LogP contribution in [0.3, 0.4) is 0 Å². The van der Waals surface area contributed by atoms with Crippen LogP contribution in [0.1, 0.15) is 76.8 Å². The minimum absolute atomic E-state index is 0.0182. The van der Waals surface area contributed by atoms with Crippen molar-refractivity contribution in [3.05, 3.63) is 100 Å². The Morgan fingerprint density at radius 1 is 0.814 bits per heavy atom. The van der Waals surface area contributed by atoms with E-state index < -0.39 is 11.9 Å². The molecule has 6 heteroatoms. The number of nitrogens with zero attached hydrogens (tertiary/aromatic N) is 1. The van der Waals surface area contributed by atoms with Crippen molar-refractivity contribution in [1.29, 1.82) is 0 Å². The highest BCUT2D eigenvalue weighted by molar-refractivity contribution is 6.07. The van der Waals surface area contributed by atoms with Crippen LogP contribution in [0, 0.1) is 10.8 Å². The number of benzene rings is 3. The first kappa shape index (κ1) is 28.9. The molecule has 0 unspecified atom stereocenters. The van der Waals surface area contributed by atoms with Crippen LogP contribution < -0.4 is 4.74 Å². The zero-order chi connectivity index (χ0) is 30.5. The van der Waals surface area contributed by atoms with Gasteiger partial charge >= 0.3 is 5.97 Å². The molecule has 0 saturated heterocycles. The number of para-hydroxylation sites is 1. The van der Waals surface area contributed by atoms with Gasteiger partial charge in [0.15, 0.2) is 11.6 Å². The summed E-state index contributed by atoms with van der Waals surface area (Å²) in [5.74, 6) is -0.772. The first-order chi connectivity index (χ1) is 20.4. The van der Waals surface area contributed by atoms with E-state index in [0.717, 1.165) is 33.3 Å². The molecule has 3 aliphatic rings. The van der Waals surface area contributed by atoms with Crippen LogP contribution in [0.2, 0.25) is 0 Å². The molecule has 0 radical (unpaired) electrons. The normalized spacial score (nSPS) is 19.9. The highest BCUT2D eigenvalue weighted by atomic mass is 16.5. The fourth-order valence-electron chi connectivity index (χ4n) is 7.26. The van der Waals surface area contributed by atoms with Crippen molar-refractivity contribution in [3.63, 3.8) is 0 Å². The molecule has 0 atom stereocenters. The average molecular weight is 578 g/mol. The summed E-state index contributed by atoms with van der Waals surface area (Å²) in [6, 6.07) is 22.1. The number of Topliss-reactive ketones (excluding diaryl/α,β-unsaturated/α-hetero) is 2. The Hall–Kier alpha value is -4.19. The lowest BCUT2D eigenvalue weighted by Gasteiger charge is -2.49. The van der Waals surface area contributed by atoms with Crippen LogP contribution in [0.25, 0.3) is 10.8 Å². The smallest absolute Gasteiger partial charge is 0.305 e. The first-order valence-electron chi connectivity index (χ1n) is 15.1. The van der Waals surface area contributed by atoms with Gasteiger partial charge in [0.05, 0.1) is 6.42 Å². The van der Waals surface area contributed by atoms with Crippen LogP contribution >= 0.6 is 0 Å². The Morgan fingerprint density at radius 3 is 2.05 bits per heavy atom. The standard InChI is InChI=1S/C37H39NO5/c1-36(2)18-27-34(29(39)20-36)33(35-28(38(27)17-16-32(41)42)19-37(3,4)21-30(35)40)26-14-7-8-15-31(26)43-22-24-12-9-11-23-10-5-6-13-25(23)24/h5-15,33H,16-22H2,1-4H3,(H,41,42). The Kier molecular flexibility index (Phi) is 7.27. The van der Waals surface area contributed by atoms with Gasteiger partial charge in [0.25, 0.3) is 0 Å². The average Bonchev–Trinajstić information content (AvgIpc) is 2.93. The third kappa shape index (κ3) is 5.51. The number of ketones is 2. The van der Waals surface area contributed by atoms with Crippen molar-refractivity contribution in [2.45, 2.75) is 72.3 Å². The molecule has 0 amide bonds. The van der Waals surface area contributed by atoms with E-state index in [1.54, 1.807) is 0 Å². The van der Waals surface area contributed by atoms with Gasteiger partial charge in [-0.1, -0.05) is 88.4 Å². The SMILES string of the molecule is CC1(C)CC(=O)C2=C(C1)N(CCC(=O)O)C1=C(C(=O)CC(C)(C)C1)C2c1ccccc1OCc1cccc2ccccc12. The molecule has 0 fully saturated rings. The van der Waals surface area contributed by atoms with Crippen molar-refractivity contribution in [2.75, 3.05) is 6.54 Å². The number of carboxylic acid groups (broad SMARTS) is 1. The number of fused-ring (bicyclic) bond motifs is 1. The zero-order valence-electron chi connectivity index (χ0n) is 25.4. The van der Waals surface area contributed by atoms with Crippen LogP contribution in [0.4, 0.5) is 0 Å². The lowest BCUT2D eigenvalue weighted by Crippen LogP contribution is -2.45. The second-order valence-electron chi connectivity index (χ2n) is 13.8. The summed E-state index contributed by atoms with van der Waals surface area (Å²) in [6.07, 6.45) is 1.93. The molecule has 3 aromatic carbocycles. The van der Waals surface area contributed by atoms with E-state index in [1.165, 1.54) is 0 Å². The highest BCUT2D eigenvalue weighted by Gasteiger charge is 2.49. The Morgan fingerprint density at radius 2 is 1.40 bits per heavy atom. The number of carbonyl (C=O) groups is 3. The molecule has 1 N–H and O–H groups in total. The monoisotopic (exact) mass is 577 g/mol. The fourth-order valence-corrected chi connectivity index (χ4v) is 7.26. The quantitative estimate of drug-likeness (QED) is 0.312. The molecule has 222 valence electrons. The summed E-state index contributed by atoms with van der Waals surface area (Å²) in [6.45, 7) is 8.90. The maximum Gasteiger partial charge on any atom is 0.305 e. The topological polar surface area (TPSA) is 83.9 Å². The summed E-state index contributed by atoms with van der Waals surface area (Å²) in [5, 5.41) is 11.9. The molecule has 0 saturated carbocycles. The first-order valence-corrected chi connectivity index (χ1v) is 15.1. The molecular weight excluding hydrogens is 538 g/mol. The largest absolute Gasteiger partial charge is 0.489 e. The van der Waals surface area contributed by atoms with E-state index in [4.69, 9.17) is 4.74 Å². The number of hydrogen-bond donors (Lipinski definition) is 1. The molecule has 43 heavy (non-hydrogen) atoms. The van der Waals surface area contributed by atoms with Gasteiger partial charge in [0.1, 0.15) is 12.4 Å². The van der Waals surface area contributed by atoms with Crippen LogP contribution in [-0.2, 0) is 21.0 Å². The van der Waals surface area contributed by atoms with Gasteiger partial charge in [0.2, 0.25) is 0 Å². The molecule has 6 rings (SSSR count). The molecule has 0 bridgehead atoms. The van der Waals surface area contributed by atoms with E-state index in [-0.39, 0.29) is 35.4 Å². The van der Waals surface area contributed by atoms with E-state index in [1.807, 2.05) is 47.4 Å². The summed E-state index contributed by atoms with van der Waals surface area (Å²) in [4.78, 5) is 41.9. The van der Waals surface area contributed by atoms with Gasteiger partial charge in [-0.25, -0.2) is 0 Å². The highest BCUT2D eigenvalue weighted by Crippen LogP contribution is 2.55. The molecule has 3 aromatic rings. The maximum atomic E-state index is 14.1. The van der Waals surface area contributed by atoms with Crippen LogP contribution in [-0.4, -0.2) is 34.1 Å². The van der Waals surface area contributed by atoms with E-state index >= 15 is 0 Å². The van der Waals surface area contributed by atoms with Crippen molar-refractivity contribution in [3.8, 4) is 5.75 Å². The number of ether oxygens (including phenoxy) is 1. The maximum absolute atomic E-state index is 14.1. The lowest BCUT2D eigenvalue weighted by molar-refractivity contribution is -0.137. The van der Waals surface area contributed by atoms with Gasteiger partial charge in [0, 0.05) is 53.4 Å². The van der Waals surface area contributed by atoms with E-state index in [2.05, 4.69) is 52.0 Å². The van der Waals surface area contributed by atoms with Crippen LogP contribution in [0.5, 0.6) is 5.75 Å². The van der Waals surface area contributed by atoms with Gasteiger partial charge < -0.3 is 14.7 Å². The minimum atomic E-state index is -0.901. The summed E-state index contributed by atoms with van der Waals surface area (Å²) >= 11 is 0. The molecule has 1 aliphatic heterocycles. The predicted molar refractivity (Wildman–Crippen MR) is 167 cm³/mol. The number of rotatable bonds is 7.